The van der Waals surface area contributed by atoms with E-state index in [2.05, 4.69) is 4.99 Å². The number of rotatable bonds is 5. The molecule has 1 aromatic heterocycles. The van der Waals surface area contributed by atoms with Gasteiger partial charge in [0.2, 0.25) is 0 Å². The Labute approximate surface area is 150 Å². The van der Waals surface area contributed by atoms with Crippen LogP contribution in [0.2, 0.25) is 0 Å². The van der Waals surface area contributed by atoms with Crippen molar-refractivity contribution >= 4 is 40.7 Å². The van der Waals surface area contributed by atoms with Crippen LogP contribution in [0, 0.1) is 0 Å². The fourth-order valence-electron chi connectivity index (χ4n) is 2.24. The van der Waals surface area contributed by atoms with Gasteiger partial charge in [0.25, 0.3) is 5.91 Å². The topological polar surface area (TPSA) is 45.8 Å². The van der Waals surface area contributed by atoms with Crippen LogP contribution in [0.25, 0.3) is 6.08 Å². The predicted molar refractivity (Wildman–Crippen MR) is 100 cm³/mol. The van der Waals surface area contributed by atoms with Crippen molar-refractivity contribution in [1.82, 2.24) is 4.90 Å². The van der Waals surface area contributed by atoms with E-state index in [9.17, 15) is 4.79 Å². The molecule has 4 nitrogen and oxygen atoms in total. The number of nitrogens with zero attached hydrogens (tertiary/aromatic N) is 2. The molecule has 1 aromatic carbocycles. The third-order valence-corrected chi connectivity index (χ3v) is 5.31. The molecule has 0 unspecified atom stereocenters. The van der Waals surface area contributed by atoms with Crippen LogP contribution in [-0.2, 0) is 4.79 Å². The number of likely N-dealkylation sites (N-methyl/N-ethyl adjacent to an activating group) is 1. The first-order valence-corrected chi connectivity index (χ1v) is 9.43. The molecule has 24 heavy (non-hydrogen) atoms. The summed E-state index contributed by atoms with van der Waals surface area (Å²) in [6.45, 7) is 5.20. The summed E-state index contributed by atoms with van der Waals surface area (Å²) in [7, 11) is 0. The van der Waals surface area contributed by atoms with Gasteiger partial charge in [-0.25, -0.2) is 0 Å². The number of carbonyl (C=O) groups excluding carboxylic acids is 1. The van der Waals surface area contributed by atoms with E-state index in [0.29, 0.717) is 23.8 Å². The lowest BCUT2D eigenvalue weighted by molar-refractivity contribution is -0.122. The first-order chi connectivity index (χ1) is 11.7. The Kier molecular flexibility index (Phi) is 5.48. The van der Waals surface area contributed by atoms with Gasteiger partial charge in [0.05, 0.1) is 4.91 Å². The van der Waals surface area contributed by atoms with Gasteiger partial charge in [0, 0.05) is 24.1 Å². The summed E-state index contributed by atoms with van der Waals surface area (Å²) < 4.78 is 5.82. The summed E-state index contributed by atoms with van der Waals surface area (Å²) in [6, 6.07) is 13.9. The number of amidine groups is 1. The van der Waals surface area contributed by atoms with Gasteiger partial charge >= 0.3 is 0 Å². The van der Waals surface area contributed by atoms with Crippen molar-refractivity contribution in [3.8, 4) is 0 Å². The van der Waals surface area contributed by atoms with Gasteiger partial charge in [-0.3, -0.25) is 14.7 Å². The molecule has 1 amide bonds. The van der Waals surface area contributed by atoms with Crippen LogP contribution >= 0.6 is 23.5 Å². The summed E-state index contributed by atoms with van der Waals surface area (Å²) in [6.07, 6.45) is 1.79. The molecule has 2 heterocycles. The molecular weight excluding hydrogens is 340 g/mol. The normalized spacial score (nSPS) is 18.1. The van der Waals surface area contributed by atoms with E-state index < -0.39 is 0 Å². The molecule has 1 aliphatic heterocycles. The summed E-state index contributed by atoms with van der Waals surface area (Å²) in [5, 5.41) is 1.57. The van der Waals surface area contributed by atoms with E-state index in [0.717, 1.165) is 15.2 Å². The van der Waals surface area contributed by atoms with Crippen LogP contribution in [-0.4, -0.2) is 29.1 Å². The highest BCUT2D eigenvalue weighted by Crippen LogP contribution is 2.34. The molecule has 1 aliphatic rings. The van der Waals surface area contributed by atoms with Crippen molar-refractivity contribution in [3.05, 3.63) is 53.1 Å². The average molecular weight is 358 g/mol. The Morgan fingerprint density at radius 2 is 2.00 bits per heavy atom. The zero-order valence-corrected chi connectivity index (χ0v) is 15.2. The third-order valence-electron chi connectivity index (χ3n) is 3.33. The molecule has 0 bridgehead atoms. The maximum absolute atomic E-state index is 12.4. The largest absolute Gasteiger partial charge is 0.450 e. The SMILES string of the molecule is CCN=C1SC(=Cc2ccc(Sc3ccccc3)o2)C(=O)N1CC. The highest BCUT2D eigenvalue weighted by atomic mass is 32.2. The zero-order chi connectivity index (χ0) is 16.9. The number of benzene rings is 1. The van der Waals surface area contributed by atoms with Gasteiger partial charge in [0.15, 0.2) is 10.3 Å². The maximum Gasteiger partial charge on any atom is 0.266 e. The summed E-state index contributed by atoms with van der Waals surface area (Å²) >= 11 is 2.96. The van der Waals surface area contributed by atoms with Crippen LogP contribution in [0.15, 0.2) is 66.8 Å². The number of thioether (sulfide) groups is 1. The molecule has 0 atom stereocenters. The highest BCUT2D eigenvalue weighted by Gasteiger charge is 2.32. The summed E-state index contributed by atoms with van der Waals surface area (Å²) in [4.78, 5) is 20.3. The van der Waals surface area contributed by atoms with Crippen molar-refractivity contribution in [2.75, 3.05) is 13.1 Å². The number of hydrogen-bond donors (Lipinski definition) is 0. The lowest BCUT2D eigenvalue weighted by atomic mass is 10.3. The van der Waals surface area contributed by atoms with Gasteiger partial charge in [-0.2, -0.15) is 0 Å². The molecule has 124 valence electrons. The van der Waals surface area contributed by atoms with Gasteiger partial charge in [-0.15, -0.1) is 0 Å². The Morgan fingerprint density at radius 3 is 2.71 bits per heavy atom. The number of hydrogen-bond acceptors (Lipinski definition) is 5. The van der Waals surface area contributed by atoms with Crippen LogP contribution < -0.4 is 0 Å². The third kappa shape index (κ3) is 3.76. The molecule has 3 rings (SSSR count). The number of amides is 1. The fourth-order valence-corrected chi connectivity index (χ4v) is 4.13. The minimum absolute atomic E-state index is 0.0108. The standard InChI is InChI=1S/C18H18N2O2S2/c1-3-19-18-20(4-2)17(21)15(24-18)12-13-10-11-16(22-13)23-14-8-6-5-7-9-14/h5-12H,3-4H2,1-2H3. The molecule has 6 heteroatoms. The number of aliphatic imine (C=N–C) groups is 1. The Morgan fingerprint density at radius 1 is 1.21 bits per heavy atom. The zero-order valence-electron chi connectivity index (χ0n) is 13.6. The molecular formula is C18H18N2O2S2. The number of furan rings is 1. The lowest BCUT2D eigenvalue weighted by Crippen LogP contribution is -2.28. The quantitative estimate of drug-likeness (QED) is 0.724. The monoisotopic (exact) mass is 358 g/mol. The van der Waals surface area contributed by atoms with Crippen molar-refractivity contribution in [1.29, 1.82) is 0 Å². The summed E-state index contributed by atoms with van der Waals surface area (Å²) in [5.74, 6) is 0.668. The lowest BCUT2D eigenvalue weighted by Gasteiger charge is -2.11. The van der Waals surface area contributed by atoms with Crippen LogP contribution in [0.5, 0.6) is 0 Å². The molecule has 0 radical (unpaired) electrons. The molecule has 0 saturated carbocycles. The van der Waals surface area contributed by atoms with Crippen LogP contribution in [0.4, 0.5) is 0 Å². The predicted octanol–water partition coefficient (Wildman–Crippen LogP) is 4.74. The van der Waals surface area contributed by atoms with Crippen molar-refractivity contribution in [3.63, 3.8) is 0 Å². The van der Waals surface area contributed by atoms with E-state index >= 15 is 0 Å². The van der Waals surface area contributed by atoms with Crippen molar-refractivity contribution in [2.45, 2.75) is 23.8 Å². The molecule has 1 fully saturated rings. The van der Waals surface area contributed by atoms with E-state index in [1.165, 1.54) is 11.8 Å². The Hall–Kier alpha value is -1.92. The second-order valence-electron chi connectivity index (χ2n) is 4.99. The van der Waals surface area contributed by atoms with Crippen molar-refractivity contribution < 1.29 is 9.21 Å². The minimum Gasteiger partial charge on any atom is -0.450 e. The van der Waals surface area contributed by atoms with Crippen LogP contribution in [0.1, 0.15) is 19.6 Å². The van der Waals surface area contributed by atoms with Gasteiger partial charge in [-0.05, 0) is 49.9 Å². The second-order valence-corrected chi connectivity index (χ2v) is 7.08. The van der Waals surface area contributed by atoms with Gasteiger partial charge < -0.3 is 4.42 Å². The summed E-state index contributed by atoms with van der Waals surface area (Å²) in [5.41, 5.74) is 0. The maximum atomic E-state index is 12.4. The van der Waals surface area contributed by atoms with Gasteiger partial charge in [0.1, 0.15) is 5.76 Å². The van der Waals surface area contributed by atoms with E-state index in [1.54, 1.807) is 22.7 Å². The fraction of sp³-hybridized carbons (Fsp3) is 0.222. The Balaban J connectivity index is 1.77. The average Bonchev–Trinajstić information content (AvgIpc) is 3.14. The van der Waals surface area contributed by atoms with Crippen molar-refractivity contribution in [2.24, 2.45) is 4.99 Å². The second kappa shape index (κ2) is 7.77. The first-order valence-electron chi connectivity index (χ1n) is 7.80. The minimum atomic E-state index is -0.0108. The Bertz CT molecular complexity index is 781. The molecule has 2 aromatic rings. The van der Waals surface area contributed by atoms with E-state index in [4.69, 9.17) is 4.42 Å². The van der Waals surface area contributed by atoms with Crippen LogP contribution in [0.3, 0.4) is 0 Å². The number of carbonyl (C=O) groups is 1. The first kappa shape index (κ1) is 16.9. The smallest absolute Gasteiger partial charge is 0.266 e. The molecule has 0 N–H and O–H groups in total. The molecule has 0 spiro atoms. The molecule has 1 saturated heterocycles. The molecule has 0 aliphatic carbocycles. The highest BCUT2D eigenvalue weighted by molar-refractivity contribution is 8.18. The van der Waals surface area contributed by atoms with E-state index in [1.807, 2.05) is 56.3 Å². The van der Waals surface area contributed by atoms with Gasteiger partial charge in [-0.1, -0.05) is 30.0 Å². The van der Waals surface area contributed by atoms with E-state index in [-0.39, 0.29) is 5.91 Å².